The molecule has 0 radical (unpaired) electrons. The molecule has 2 heterocycles. The topological polar surface area (TPSA) is 69.0 Å². The fourth-order valence-corrected chi connectivity index (χ4v) is 4.58. The molecule has 6 nitrogen and oxygen atoms in total. The molecule has 178 valence electrons. The number of carbonyl (C=O) groups excluding carboxylic acids is 1. The van der Waals surface area contributed by atoms with E-state index in [2.05, 4.69) is 6.92 Å². The summed E-state index contributed by atoms with van der Waals surface area (Å²) in [6.45, 7) is 3.00. The summed E-state index contributed by atoms with van der Waals surface area (Å²) in [6, 6.07) is 22.0. The van der Waals surface area contributed by atoms with Gasteiger partial charge in [-0.1, -0.05) is 61.9 Å². The lowest BCUT2D eigenvalue weighted by Crippen LogP contribution is -2.30. The second-order valence-corrected chi connectivity index (χ2v) is 8.61. The number of fused-ring (bicyclic) bond motifs is 2. The van der Waals surface area contributed by atoms with Gasteiger partial charge in [0.25, 0.3) is 5.91 Å². The first-order valence-corrected chi connectivity index (χ1v) is 11.8. The molecular formula is C29H27NO5. The van der Waals surface area contributed by atoms with Crippen molar-refractivity contribution in [3.63, 3.8) is 0 Å². The van der Waals surface area contributed by atoms with Gasteiger partial charge in [0, 0.05) is 6.54 Å². The van der Waals surface area contributed by atoms with Gasteiger partial charge < -0.3 is 18.8 Å². The normalized spacial score (nSPS) is 14.9. The summed E-state index contributed by atoms with van der Waals surface area (Å²) in [5.74, 6) is 0.998. The molecule has 0 aliphatic carbocycles. The van der Waals surface area contributed by atoms with Gasteiger partial charge in [0.05, 0.1) is 24.1 Å². The van der Waals surface area contributed by atoms with E-state index in [9.17, 15) is 9.59 Å². The molecule has 1 aromatic heterocycles. The molecule has 1 aliphatic rings. The molecule has 6 heteroatoms. The van der Waals surface area contributed by atoms with Gasteiger partial charge >= 0.3 is 0 Å². The Bertz CT molecular complexity index is 1430. The van der Waals surface area contributed by atoms with Gasteiger partial charge in [-0.3, -0.25) is 9.59 Å². The van der Waals surface area contributed by atoms with E-state index in [0.29, 0.717) is 41.2 Å². The van der Waals surface area contributed by atoms with Crippen LogP contribution in [0.25, 0.3) is 11.0 Å². The molecule has 1 aliphatic heterocycles. The molecule has 0 bridgehead atoms. The molecular weight excluding hydrogens is 442 g/mol. The van der Waals surface area contributed by atoms with Gasteiger partial charge in [0.2, 0.25) is 5.76 Å². The number of rotatable bonds is 8. The highest BCUT2D eigenvalue weighted by atomic mass is 16.5. The highest BCUT2D eigenvalue weighted by molar-refractivity contribution is 5.99. The molecule has 0 spiro atoms. The first kappa shape index (κ1) is 22.7. The third-order valence-corrected chi connectivity index (χ3v) is 6.37. The van der Waals surface area contributed by atoms with Crippen molar-refractivity contribution in [2.75, 3.05) is 13.7 Å². The van der Waals surface area contributed by atoms with Crippen molar-refractivity contribution in [2.45, 2.75) is 32.4 Å². The van der Waals surface area contributed by atoms with E-state index in [1.165, 1.54) is 0 Å². The molecule has 3 aromatic carbocycles. The van der Waals surface area contributed by atoms with E-state index in [0.717, 1.165) is 24.0 Å². The van der Waals surface area contributed by atoms with Crippen LogP contribution in [-0.4, -0.2) is 24.5 Å². The van der Waals surface area contributed by atoms with Crippen molar-refractivity contribution in [3.05, 3.63) is 105 Å². The third kappa shape index (κ3) is 4.16. The van der Waals surface area contributed by atoms with Crippen molar-refractivity contribution in [1.29, 1.82) is 0 Å². The summed E-state index contributed by atoms with van der Waals surface area (Å²) >= 11 is 0. The molecule has 4 aromatic rings. The lowest BCUT2D eigenvalue weighted by atomic mass is 9.98. The van der Waals surface area contributed by atoms with E-state index in [1.807, 2.05) is 48.5 Å². The molecule has 0 N–H and O–H groups in total. The van der Waals surface area contributed by atoms with Gasteiger partial charge in [0.1, 0.15) is 12.2 Å². The van der Waals surface area contributed by atoms with E-state index in [4.69, 9.17) is 13.9 Å². The highest BCUT2D eigenvalue weighted by Gasteiger charge is 2.42. The molecule has 5 rings (SSSR count). The van der Waals surface area contributed by atoms with Gasteiger partial charge in [0.15, 0.2) is 16.9 Å². The van der Waals surface area contributed by atoms with Crippen LogP contribution in [0.5, 0.6) is 11.5 Å². The number of para-hydroxylation sites is 1. The Morgan fingerprint density at radius 1 is 0.943 bits per heavy atom. The summed E-state index contributed by atoms with van der Waals surface area (Å²) in [6.07, 6.45) is 1.74. The fraction of sp³-hybridized carbons (Fsp3) is 0.241. The summed E-state index contributed by atoms with van der Waals surface area (Å²) in [7, 11) is 1.58. The smallest absolute Gasteiger partial charge is 0.290 e. The van der Waals surface area contributed by atoms with Crippen molar-refractivity contribution in [3.8, 4) is 11.5 Å². The maximum absolute atomic E-state index is 13.6. The second kappa shape index (κ2) is 9.66. The van der Waals surface area contributed by atoms with Gasteiger partial charge in [-0.05, 0) is 41.8 Å². The van der Waals surface area contributed by atoms with Crippen LogP contribution in [0, 0.1) is 0 Å². The number of nitrogens with zero attached hydrogens (tertiary/aromatic N) is 1. The number of hydrogen-bond donors (Lipinski definition) is 0. The second-order valence-electron chi connectivity index (χ2n) is 8.61. The SMILES string of the molecule is CCCCN1C(=O)c2oc3ccccc3c(=O)c2[C@H]1c1ccc(OCc2ccccc2)c(OC)c1. The number of unbranched alkanes of at least 4 members (excludes halogenated alkanes) is 1. The first-order chi connectivity index (χ1) is 17.1. The van der Waals surface area contributed by atoms with Crippen molar-refractivity contribution >= 4 is 16.9 Å². The zero-order chi connectivity index (χ0) is 24.4. The number of methoxy groups -OCH3 is 1. The molecule has 0 fully saturated rings. The molecule has 1 atom stereocenters. The lowest BCUT2D eigenvalue weighted by Gasteiger charge is -2.25. The van der Waals surface area contributed by atoms with Crippen LogP contribution in [0.4, 0.5) is 0 Å². The first-order valence-electron chi connectivity index (χ1n) is 11.8. The Morgan fingerprint density at radius 2 is 1.71 bits per heavy atom. The minimum atomic E-state index is -0.554. The molecule has 0 saturated heterocycles. The fourth-order valence-electron chi connectivity index (χ4n) is 4.58. The Hall–Kier alpha value is -4.06. The van der Waals surface area contributed by atoms with Gasteiger partial charge in [-0.2, -0.15) is 0 Å². The maximum atomic E-state index is 13.6. The number of carbonyl (C=O) groups is 1. The van der Waals surface area contributed by atoms with Crippen molar-refractivity contribution < 1.29 is 18.7 Å². The standard InChI is InChI=1S/C29H27NO5/c1-3-4-16-30-26(25-27(31)21-12-8-9-13-22(21)35-28(25)29(30)32)20-14-15-23(24(17-20)33-2)34-18-19-10-6-5-7-11-19/h5-15,17,26H,3-4,16,18H2,1-2H3/t26-/m1/s1. The van der Waals surface area contributed by atoms with Gasteiger partial charge in [-0.15, -0.1) is 0 Å². The molecule has 0 saturated carbocycles. The van der Waals surface area contributed by atoms with Crippen LogP contribution in [0.15, 0.2) is 82.0 Å². The Labute approximate surface area is 203 Å². The Kier molecular flexibility index (Phi) is 6.27. The number of hydrogen-bond acceptors (Lipinski definition) is 5. The molecule has 1 amide bonds. The average Bonchev–Trinajstić information content (AvgIpc) is 3.18. The monoisotopic (exact) mass is 469 g/mol. The zero-order valence-corrected chi connectivity index (χ0v) is 19.8. The van der Waals surface area contributed by atoms with E-state index in [1.54, 1.807) is 36.3 Å². The Balaban J connectivity index is 1.57. The van der Waals surface area contributed by atoms with E-state index >= 15 is 0 Å². The quantitative estimate of drug-likeness (QED) is 0.330. The maximum Gasteiger partial charge on any atom is 0.290 e. The number of amides is 1. The number of ether oxygens (including phenoxy) is 2. The zero-order valence-electron chi connectivity index (χ0n) is 19.8. The Morgan fingerprint density at radius 3 is 2.49 bits per heavy atom. The van der Waals surface area contributed by atoms with E-state index in [-0.39, 0.29) is 17.1 Å². The summed E-state index contributed by atoms with van der Waals surface area (Å²) < 4.78 is 17.6. The molecule has 0 unspecified atom stereocenters. The van der Waals surface area contributed by atoms with Crippen LogP contribution >= 0.6 is 0 Å². The average molecular weight is 470 g/mol. The highest BCUT2D eigenvalue weighted by Crippen LogP contribution is 2.41. The van der Waals surface area contributed by atoms with Crippen molar-refractivity contribution in [2.24, 2.45) is 0 Å². The minimum Gasteiger partial charge on any atom is -0.493 e. The van der Waals surface area contributed by atoms with Crippen LogP contribution in [0.3, 0.4) is 0 Å². The largest absolute Gasteiger partial charge is 0.493 e. The summed E-state index contributed by atoms with van der Waals surface area (Å²) in [4.78, 5) is 28.7. The van der Waals surface area contributed by atoms with Crippen molar-refractivity contribution in [1.82, 2.24) is 4.90 Å². The minimum absolute atomic E-state index is 0.123. The van der Waals surface area contributed by atoms with Crippen LogP contribution < -0.4 is 14.9 Å². The predicted octanol–water partition coefficient (Wildman–Crippen LogP) is 5.73. The van der Waals surface area contributed by atoms with Crippen LogP contribution in [0.1, 0.15) is 53.1 Å². The number of benzene rings is 3. The van der Waals surface area contributed by atoms with Crippen LogP contribution in [-0.2, 0) is 6.61 Å². The van der Waals surface area contributed by atoms with E-state index < -0.39 is 6.04 Å². The lowest BCUT2D eigenvalue weighted by molar-refractivity contribution is 0.0725. The van der Waals surface area contributed by atoms with Gasteiger partial charge in [-0.25, -0.2) is 0 Å². The summed E-state index contributed by atoms with van der Waals surface area (Å²) in [5.41, 5.74) is 2.44. The summed E-state index contributed by atoms with van der Waals surface area (Å²) in [5, 5.41) is 0.469. The van der Waals surface area contributed by atoms with Crippen LogP contribution in [0.2, 0.25) is 0 Å². The predicted molar refractivity (Wildman–Crippen MR) is 134 cm³/mol. The molecule has 35 heavy (non-hydrogen) atoms. The third-order valence-electron chi connectivity index (χ3n) is 6.37.